The van der Waals surface area contributed by atoms with Crippen molar-refractivity contribution in [3.63, 3.8) is 0 Å². The van der Waals surface area contributed by atoms with E-state index < -0.39 is 0 Å². The molecule has 2 fully saturated rings. The van der Waals surface area contributed by atoms with Gasteiger partial charge < -0.3 is 4.90 Å². The van der Waals surface area contributed by atoms with Crippen LogP contribution in [0.5, 0.6) is 0 Å². The first-order valence-corrected chi connectivity index (χ1v) is 9.96. The molecule has 10 heteroatoms. The maximum Gasteiger partial charge on any atom is 0.225 e. The molecule has 0 atom stereocenters. The van der Waals surface area contributed by atoms with Gasteiger partial charge in [0.15, 0.2) is 3.95 Å². The van der Waals surface area contributed by atoms with Crippen molar-refractivity contribution >= 4 is 40.5 Å². The lowest BCUT2D eigenvalue weighted by Gasteiger charge is -2.34. The summed E-state index contributed by atoms with van der Waals surface area (Å²) in [4.78, 5) is 26.8. The maximum absolute atomic E-state index is 11.9. The van der Waals surface area contributed by atoms with E-state index in [4.69, 9.17) is 12.2 Å². The molecular formula is C16H21N7OS2. The van der Waals surface area contributed by atoms with Gasteiger partial charge in [-0.25, -0.2) is 14.6 Å². The minimum absolute atomic E-state index is 0.0416. The Bertz CT molecular complexity index is 825. The van der Waals surface area contributed by atoms with E-state index in [0.29, 0.717) is 16.7 Å². The van der Waals surface area contributed by atoms with Crippen LogP contribution in [-0.4, -0.2) is 62.8 Å². The first-order chi connectivity index (χ1) is 12.6. The molecule has 0 spiro atoms. The molecule has 1 amide bonds. The highest BCUT2D eigenvalue weighted by molar-refractivity contribution is 7.73. The highest BCUT2D eigenvalue weighted by Gasteiger charge is 2.34. The number of carbonyl (C=O) groups excluding carboxylic acids is 1. The summed E-state index contributed by atoms with van der Waals surface area (Å²) in [7, 11) is 0. The Morgan fingerprint density at radius 1 is 1.27 bits per heavy atom. The highest BCUT2D eigenvalue weighted by atomic mass is 32.1. The van der Waals surface area contributed by atoms with Crippen LogP contribution in [0.25, 0.3) is 0 Å². The number of rotatable bonds is 5. The standard InChI is InChI=1S/C16H21N7OS2/c1-12(24)23(13-3-4-13)15-19-22(16(25)26-15)11-20-7-9-21(10-8-20)14-17-5-2-6-18-14/h2,5-6,13H,3-4,7-11H2,1H3. The van der Waals surface area contributed by atoms with Gasteiger partial charge in [0.05, 0.1) is 6.67 Å². The van der Waals surface area contributed by atoms with Crippen LogP contribution in [0.4, 0.5) is 11.1 Å². The number of anilines is 2. The second-order valence-corrected chi connectivity index (χ2v) is 8.17. The molecular weight excluding hydrogens is 370 g/mol. The fourth-order valence-corrected chi connectivity index (χ4v) is 4.29. The number of piperazine rings is 1. The van der Waals surface area contributed by atoms with Gasteiger partial charge in [0.25, 0.3) is 0 Å². The van der Waals surface area contributed by atoms with Crippen molar-refractivity contribution in [3.8, 4) is 0 Å². The Morgan fingerprint density at radius 3 is 2.58 bits per heavy atom. The molecule has 0 bridgehead atoms. The summed E-state index contributed by atoms with van der Waals surface area (Å²) in [5, 5.41) is 5.34. The molecule has 3 heterocycles. The van der Waals surface area contributed by atoms with Gasteiger partial charge in [0.1, 0.15) is 0 Å². The summed E-state index contributed by atoms with van der Waals surface area (Å²) >= 11 is 6.90. The van der Waals surface area contributed by atoms with Crippen LogP contribution in [0.1, 0.15) is 19.8 Å². The maximum atomic E-state index is 11.9. The monoisotopic (exact) mass is 391 g/mol. The summed E-state index contributed by atoms with van der Waals surface area (Å²) in [6.45, 7) is 5.77. The topological polar surface area (TPSA) is 70.4 Å². The van der Waals surface area contributed by atoms with Gasteiger partial charge in [0.2, 0.25) is 17.0 Å². The molecule has 1 aliphatic carbocycles. The molecule has 2 aromatic rings. The van der Waals surface area contributed by atoms with Crippen molar-refractivity contribution in [2.75, 3.05) is 36.0 Å². The van der Waals surface area contributed by atoms with E-state index in [-0.39, 0.29) is 5.91 Å². The average Bonchev–Trinajstić information content (AvgIpc) is 3.40. The lowest BCUT2D eigenvalue weighted by atomic mass is 10.3. The summed E-state index contributed by atoms with van der Waals surface area (Å²) in [5.41, 5.74) is 0. The average molecular weight is 392 g/mol. The Labute approximate surface area is 161 Å². The molecule has 26 heavy (non-hydrogen) atoms. The molecule has 1 saturated heterocycles. The summed E-state index contributed by atoms with van der Waals surface area (Å²) in [6, 6.07) is 2.13. The molecule has 8 nitrogen and oxygen atoms in total. The van der Waals surface area contributed by atoms with E-state index in [9.17, 15) is 4.79 Å². The van der Waals surface area contributed by atoms with Crippen LogP contribution >= 0.6 is 23.6 Å². The van der Waals surface area contributed by atoms with Gasteiger partial charge in [-0.15, -0.1) is 5.10 Å². The van der Waals surface area contributed by atoms with Crippen molar-refractivity contribution in [3.05, 3.63) is 22.4 Å². The van der Waals surface area contributed by atoms with Gasteiger partial charge in [-0.05, 0) is 31.1 Å². The first kappa shape index (κ1) is 17.5. The highest BCUT2D eigenvalue weighted by Crippen LogP contribution is 2.33. The van der Waals surface area contributed by atoms with E-state index >= 15 is 0 Å². The number of aromatic nitrogens is 4. The van der Waals surface area contributed by atoms with Crippen molar-refractivity contribution in [1.29, 1.82) is 0 Å². The van der Waals surface area contributed by atoms with Crippen LogP contribution in [0, 0.1) is 3.95 Å². The minimum Gasteiger partial charge on any atom is -0.338 e. The molecule has 0 N–H and O–H groups in total. The number of carbonyl (C=O) groups is 1. The number of hydrogen-bond donors (Lipinski definition) is 0. The predicted octanol–water partition coefficient (Wildman–Crippen LogP) is 1.76. The van der Waals surface area contributed by atoms with Crippen LogP contribution in [-0.2, 0) is 11.5 Å². The van der Waals surface area contributed by atoms with E-state index in [1.54, 1.807) is 24.2 Å². The van der Waals surface area contributed by atoms with Gasteiger partial charge in [-0.1, -0.05) is 11.3 Å². The SMILES string of the molecule is CC(=O)N(c1nn(CN2CCN(c3ncccn3)CC2)c(=S)s1)C1CC1. The molecule has 0 radical (unpaired) electrons. The third kappa shape index (κ3) is 3.76. The fraction of sp³-hybridized carbons (Fsp3) is 0.562. The zero-order valence-corrected chi connectivity index (χ0v) is 16.2. The van der Waals surface area contributed by atoms with Gasteiger partial charge >= 0.3 is 0 Å². The molecule has 2 aromatic heterocycles. The van der Waals surface area contributed by atoms with Crippen LogP contribution < -0.4 is 9.80 Å². The van der Waals surface area contributed by atoms with E-state index in [2.05, 4.69) is 24.9 Å². The Hall–Kier alpha value is -1.91. The van der Waals surface area contributed by atoms with Gasteiger partial charge in [0, 0.05) is 51.5 Å². The molecule has 0 unspecified atom stereocenters. The number of nitrogens with zero attached hydrogens (tertiary/aromatic N) is 7. The van der Waals surface area contributed by atoms with Crippen LogP contribution in [0.2, 0.25) is 0 Å². The Balaban J connectivity index is 1.39. The summed E-state index contributed by atoms with van der Waals surface area (Å²) in [6.07, 6.45) is 5.64. The van der Waals surface area contributed by atoms with Crippen molar-refractivity contribution in [2.24, 2.45) is 0 Å². The van der Waals surface area contributed by atoms with E-state index in [0.717, 1.165) is 50.1 Å². The van der Waals surface area contributed by atoms with Gasteiger partial charge in [-0.3, -0.25) is 14.6 Å². The Kier molecular flexibility index (Phi) is 4.96. The van der Waals surface area contributed by atoms with Crippen molar-refractivity contribution < 1.29 is 4.79 Å². The third-order valence-corrected chi connectivity index (χ3v) is 5.90. The van der Waals surface area contributed by atoms with Gasteiger partial charge in [-0.2, -0.15) is 0 Å². The second-order valence-electron chi connectivity index (χ2n) is 6.57. The normalized spacial score (nSPS) is 18.1. The first-order valence-electron chi connectivity index (χ1n) is 8.74. The number of hydrogen-bond acceptors (Lipinski definition) is 8. The van der Waals surface area contributed by atoms with Crippen molar-refractivity contribution in [1.82, 2.24) is 24.6 Å². The minimum atomic E-state index is 0.0416. The van der Waals surface area contributed by atoms with Crippen LogP contribution in [0.15, 0.2) is 18.5 Å². The molecule has 2 aliphatic rings. The zero-order chi connectivity index (χ0) is 18.1. The Morgan fingerprint density at radius 2 is 1.96 bits per heavy atom. The number of amides is 1. The molecule has 0 aromatic carbocycles. The molecule has 1 saturated carbocycles. The van der Waals surface area contributed by atoms with E-state index in [1.807, 2.05) is 10.7 Å². The lowest BCUT2D eigenvalue weighted by Crippen LogP contribution is -2.47. The molecule has 138 valence electrons. The molecule has 4 rings (SSSR count). The smallest absolute Gasteiger partial charge is 0.225 e. The largest absolute Gasteiger partial charge is 0.338 e. The fourth-order valence-electron chi connectivity index (χ4n) is 3.10. The predicted molar refractivity (Wildman–Crippen MR) is 103 cm³/mol. The van der Waals surface area contributed by atoms with Crippen molar-refractivity contribution in [2.45, 2.75) is 32.5 Å². The zero-order valence-electron chi connectivity index (χ0n) is 14.6. The molecule has 1 aliphatic heterocycles. The second kappa shape index (κ2) is 7.37. The summed E-state index contributed by atoms with van der Waals surface area (Å²) < 4.78 is 2.54. The summed E-state index contributed by atoms with van der Waals surface area (Å²) in [5.74, 6) is 0.820. The lowest BCUT2D eigenvalue weighted by molar-refractivity contribution is -0.116. The quantitative estimate of drug-likeness (QED) is 0.719. The van der Waals surface area contributed by atoms with Crippen LogP contribution in [0.3, 0.4) is 0 Å². The third-order valence-electron chi connectivity index (χ3n) is 4.59. The van der Waals surface area contributed by atoms with E-state index in [1.165, 1.54) is 11.3 Å².